The van der Waals surface area contributed by atoms with E-state index in [4.69, 9.17) is 15.0 Å². The number of benzene rings is 4. The molecule has 0 aliphatic heterocycles. The van der Waals surface area contributed by atoms with Gasteiger partial charge in [0.1, 0.15) is 11.4 Å². The first-order chi connectivity index (χ1) is 24.7. The molecule has 9 rings (SSSR count). The van der Waals surface area contributed by atoms with Crippen LogP contribution >= 0.6 is 0 Å². The molecule has 0 bridgehead atoms. The van der Waals surface area contributed by atoms with Crippen molar-refractivity contribution in [3.63, 3.8) is 0 Å². The molecular formula is C45H33N5. The monoisotopic (exact) mass is 643 g/mol. The van der Waals surface area contributed by atoms with Crippen LogP contribution in [0.1, 0.15) is 30.0 Å². The molecule has 238 valence electrons. The van der Waals surface area contributed by atoms with Gasteiger partial charge in [0.25, 0.3) is 0 Å². The Bertz CT molecular complexity index is 2350. The predicted molar refractivity (Wildman–Crippen MR) is 200 cm³/mol. The van der Waals surface area contributed by atoms with Crippen molar-refractivity contribution in [2.24, 2.45) is 5.92 Å². The summed E-state index contributed by atoms with van der Waals surface area (Å²) in [6.45, 7) is 2.30. The van der Waals surface area contributed by atoms with Crippen molar-refractivity contribution in [3.8, 4) is 56.7 Å². The van der Waals surface area contributed by atoms with Crippen LogP contribution in [-0.4, -0.2) is 24.9 Å². The lowest BCUT2D eigenvalue weighted by Gasteiger charge is -2.38. The van der Waals surface area contributed by atoms with E-state index in [-0.39, 0.29) is 0 Å². The Morgan fingerprint density at radius 2 is 1.10 bits per heavy atom. The molecule has 3 aromatic heterocycles. The Morgan fingerprint density at radius 3 is 1.70 bits per heavy atom. The smallest absolute Gasteiger partial charge is 0.182 e. The van der Waals surface area contributed by atoms with Crippen LogP contribution in [0.4, 0.5) is 0 Å². The third-order valence-corrected chi connectivity index (χ3v) is 9.89. The highest BCUT2D eigenvalue weighted by Gasteiger charge is 2.48. The van der Waals surface area contributed by atoms with Gasteiger partial charge in [0.2, 0.25) is 0 Å². The van der Waals surface area contributed by atoms with Gasteiger partial charge in [-0.15, -0.1) is 0 Å². The molecule has 4 aromatic carbocycles. The number of nitrogens with zero attached hydrogens (tertiary/aromatic N) is 5. The second-order valence-electron chi connectivity index (χ2n) is 13.0. The molecule has 7 aromatic rings. The van der Waals surface area contributed by atoms with E-state index in [1.54, 1.807) is 12.4 Å². The summed E-state index contributed by atoms with van der Waals surface area (Å²) >= 11 is 0. The summed E-state index contributed by atoms with van der Waals surface area (Å²) < 4.78 is 0. The molecule has 0 saturated heterocycles. The van der Waals surface area contributed by atoms with E-state index in [2.05, 4.69) is 132 Å². The first kappa shape index (κ1) is 29.8. The molecule has 2 unspecified atom stereocenters. The molecule has 2 aliphatic rings. The first-order valence-electron chi connectivity index (χ1n) is 17.1. The van der Waals surface area contributed by atoms with E-state index in [1.165, 1.54) is 44.5 Å². The van der Waals surface area contributed by atoms with Crippen molar-refractivity contribution >= 4 is 0 Å². The summed E-state index contributed by atoms with van der Waals surface area (Å²) in [4.78, 5) is 24.1. The van der Waals surface area contributed by atoms with Gasteiger partial charge in [-0.05, 0) is 87.7 Å². The van der Waals surface area contributed by atoms with Gasteiger partial charge in [0.15, 0.2) is 17.5 Å². The number of hydrogen-bond donors (Lipinski definition) is 0. The molecule has 0 fully saturated rings. The zero-order valence-corrected chi connectivity index (χ0v) is 27.6. The average molecular weight is 644 g/mol. The fourth-order valence-corrected chi connectivity index (χ4v) is 7.65. The number of pyridine rings is 2. The number of rotatable bonds is 6. The third-order valence-electron chi connectivity index (χ3n) is 9.89. The lowest BCUT2D eigenvalue weighted by atomic mass is 9.64. The van der Waals surface area contributed by atoms with Gasteiger partial charge in [-0.1, -0.05) is 128 Å². The van der Waals surface area contributed by atoms with E-state index >= 15 is 0 Å². The second kappa shape index (κ2) is 12.3. The molecule has 3 heterocycles. The Hall–Kier alpha value is -6.33. The quantitative estimate of drug-likeness (QED) is 0.180. The van der Waals surface area contributed by atoms with E-state index in [1.807, 2.05) is 36.4 Å². The fraction of sp³-hybridized carbons (Fsp3) is 0.0889. The minimum atomic E-state index is -0.521. The molecule has 50 heavy (non-hydrogen) atoms. The lowest BCUT2D eigenvalue weighted by Crippen LogP contribution is -2.31. The van der Waals surface area contributed by atoms with E-state index in [0.717, 1.165) is 12.0 Å². The highest BCUT2D eigenvalue weighted by molar-refractivity contribution is 5.90. The molecule has 2 atom stereocenters. The molecule has 0 N–H and O–H groups in total. The highest BCUT2D eigenvalue weighted by Crippen LogP contribution is 2.59. The summed E-state index contributed by atoms with van der Waals surface area (Å²) in [5, 5.41) is 0. The molecular weight excluding hydrogens is 611 g/mol. The Kier molecular flexibility index (Phi) is 7.32. The zero-order valence-electron chi connectivity index (χ0n) is 27.6. The molecule has 5 nitrogen and oxygen atoms in total. The Balaban J connectivity index is 1.32. The molecule has 0 amide bonds. The van der Waals surface area contributed by atoms with Crippen LogP contribution in [0.5, 0.6) is 0 Å². The van der Waals surface area contributed by atoms with Gasteiger partial charge in [-0.3, -0.25) is 9.97 Å². The maximum absolute atomic E-state index is 5.03. The molecule has 5 heteroatoms. The second-order valence-corrected chi connectivity index (χ2v) is 13.0. The lowest BCUT2D eigenvalue weighted by molar-refractivity contribution is 0.615. The fourth-order valence-electron chi connectivity index (χ4n) is 7.65. The zero-order chi connectivity index (χ0) is 33.5. The summed E-state index contributed by atoms with van der Waals surface area (Å²) in [7, 11) is 0. The van der Waals surface area contributed by atoms with Crippen molar-refractivity contribution in [2.75, 3.05) is 0 Å². The number of allylic oxidation sites excluding steroid dienone is 4. The van der Waals surface area contributed by atoms with Crippen LogP contribution in [0.3, 0.4) is 0 Å². The van der Waals surface area contributed by atoms with E-state index in [9.17, 15) is 0 Å². The summed E-state index contributed by atoms with van der Waals surface area (Å²) in [5.74, 6) is 2.01. The predicted octanol–water partition coefficient (Wildman–Crippen LogP) is 10.2. The molecule has 0 radical (unpaired) electrons. The van der Waals surface area contributed by atoms with Crippen LogP contribution < -0.4 is 0 Å². The Labute approximate surface area is 291 Å². The van der Waals surface area contributed by atoms with Crippen molar-refractivity contribution in [3.05, 3.63) is 186 Å². The van der Waals surface area contributed by atoms with Gasteiger partial charge < -0.3 is 0 Å². The average Bonchev–Trinajstić information content (AvgIpc) is 3.49. The molecule has 2 aliphatic carbocycles. The normalized spacial score (nSPS) is 17.5. The van der Waals surface area contributed by atoms with Crippen LogP contribution in [0.25, 0.3) is 56.7 Å². The summed E-state index contributed by atoms with van der Waals surface area (Å²) in [6, 6.07) is 46.9. The minimum absolute atomic E-state index is 0.411. The van der Waals surface area contributed by atoms with Crippen LogP contribution in [0.15, 0.2) is 170 Å². The van der Waals surface area contributed by atoms with Gasteiger partial charge in [-0.25, -0.2) is 15.0 Å². The largest absolute Gasteiger partial charge is 0.253 e. The molecule has 0 spiro atoms. The third kappa shape index (κ3) is 4.98. The van der Waals surface area contributed by atoms with Crippen LogP contribution in [-0.2, 0) is 5.41 Å². The maximum Gasteiger partial charge on any atom is 0.182 e. The standard InChI is InChI=1S/C45H33N5/c1-30-13-12-18-35(27-30)45(34-16-6-3-7-17-34)38-28-32(31-14-4-2-5-15-31)21-23-36(38)37-24-22-33(29-39(37)45)42-48-43(40-19-8-10-25-46-40)50-44(49-42)41-20-9-11-26-47-41/h2-26,28-30H,27H2,1H3. The van der Waals surface area contributed by atoms with Gasteiger partial charge in [0.05, 0.1) is 5.41 Å². The highest BCUT2D eigenvalue weighted by atomic mass is 15.1. The van der Waals surface area contributed by atoms with Crippen LogP contribution in [0.2, 0.25) is 0 Å². The summed E-state index contributed by atoms with van der Waals surface area (Å²) in [6.07, 6.45) is 11.4. The Morgan fingerprint density at radius 1 is 0.540 bits per heavy atom. The van der Waals surface area contributed by atoms with Crippen molar-refractivity contribution in [1.82, 2.24) is 24.9 Å². The minimum Gasteiger partial charge on any atom is -0.253 e. The summed E-state index contributed by atoms with van der Waals surface area (Å²) in [5.41, 5.74) is 11.8. The first-order valence-corrected chi connectivity index (χ1v) is 17.1. The van der Waals surface area contributed by atoms with Crippen LogP contribution in [0, 0.1) is 5.92 Å². The number of aromatic nitrogens is 5. The van der Waals surface area contributed by atoms with Gasteiger partial charge >= 0.3 is 0 Å². The topological polar surface area (TPSA) is 64.5 Å². The van der Waals surface area contributed by atoms with E-state index < -0.39 is 5.41 Å². The number of fused-ring (bicyclic) bond motifs is 3. The molecule has 0 saturated carbocycles. The van der Waals surface area contributed by atoms with Gasteiger partial charge in [-0.2, -0.15) is 0 Å². The van der Waals surface area contributed by atoms with Crippen molar-refractivity contribution in [2.45, 2.75) is 18.8 Å². The maximum atomic E-state index is 5.03. The van der Waals surface area contributed by atoms with Gasteiger partial charge in [0, 0.05) is 18.0 Å². The number of hydrogen-bond acceptors (Lipinski definition) is 5. The van der Waals surface area contributed by atoms with E-state index in [0.29, 0.717) is 34.8 Å². The van der Waals surface area contributed by atoms with Crippen molar-refractivity contribution in [1.29, 1.82) is 0 Å². The van der Waals surface area contributed by atoms with Crippen molar-refractivity contribution < 1.29 is 0 Å². The SMILES string of the molecule is CC1C=CC=C(C2(c3ccccc3)c3cc(-c4ccccc4)ccc3-c3ccc(-c4nc(-c5ccccn5)nc(-c5ccccn5)n4)cc32)C1.